The minimum atomic E-state index is 0.691. The van der Waals surface area contributed by atoms with Crippen LogP contribution in [0, 0.1) is 23.7 Å². The summed E-state index contributed by atoms with van der Waals surface area (Å²) < 4.78 is 5.33. The lowest BCUT2D eigenvalue weighted by atomic mass is 9.69. The third-order valence-electron chi connectivity index (χ3n) is 5.06. The maximum Gasteiger partial charge on any atom is 0.119 e. The third-order valence-corrected chi connectivity index (χ3v) is 5.06. The number of rotatable bonds is 5. The monoisotopic (exact) mass is 275 g/mol. The molecule has 0 spiro atoms. The predicted molar refractivity (Wildman–Crippen MR) is 84.9 cm³/mol. The molecule has 1 aliphatic carbocycles. The average Bonchev–Trinajstić information content (AvgIpc) is 2.47. The molecule has 0 heterocycles. The molecular weight excluding hydrogens is 246 g/mol. The highest BCUT2D eigenvalue weighted by molar-refractivity contribution is 5.28. The van der Waals surface area contributed by atoms with Crippen LogP contribution in [0.3, 0.4) is 0 Å². The fraction of sp³-hybridized carbons (Fsp3) is 0.667. The van der Waals surface area contributed by atoms with Crippen LogP contribution in [-0.2, 0) is 6.42 Å². The van der Waals surface area contributed by atoms with Crippen molar-refractivity contribution < 1.29 is 4.74 Å². The van der Waals surface area contributed by atoms with Crippen molar-refractivity contribution in [3.8, 4) is 5.75 Å². The van der Waals surface area contributed by atoms with Crippen molar-refractivity contribution in [2.75, 3.05) is 13.7 Å². The van der Waals surface area contributed by atoms with E-state index in [-0.39, 0.29) is 0 Å². The fourth-order valence-electron chi connectivity index (χ4n) is 3.63. The molecule has 1 saturated carbocycles. The molecule has 0 amide bonds. The maximum atomic E-state index is 6.00. The quantitative estimate of drug-likeness (QED) is 0.885. The minimum Gasteiger partial charge on any atom is -0.497 e. The first-order valence-corrected chi connectivity index (χ1v) is 7.97. The van der Waals surface area contributed by atoms with E-state index >= 15 is 0 Å². The van der Waals surface area contributed by atoms with Crippen LogP contribution < -0.4 is 10.5 Å². The Bertz CT molecular complexity index is 416. The minimum absolute atomic E-state index is 0.691. The molecule has 2 N–H and O–H groups in total. The molecule has 2 heteroatoms. The van der Waals surface area contributed by atoms with Gasteiger partial charge >= 0.3 is 0 Å². The van der Waals surface area contributed by atoms with Crippen LogP contribution in [-0.4, -0.2) is 13.7 Å². The molecular formula is C18H29NO. The van der Waals surface area contributed by atoms with Gasteiger partial charge in [0.1, 0.15) is 5.75 Å². The Morgan fingerprint density at radius 3 is 2.70 bits per heavy atom. The summed E-state index contributed by atoms with van der Waals surface area (Å²) in [6.07, 6.45) is 5.13. The van der Waals surface area contributed by atoms with Crippen molar-refractivity contribution in [1.29, 1.82) is 0 Å². The number of benzene rings is 1. The van der Waals surface area contributed by atoms with Crippen molar-refractivity contribution in [3.05, 3.63) is 29.8 Å². The number of methoxy groups -OCH3 is 1. The van der Waals surface area contributed by atoms with Gasteiger partial charge in [-0.3, -0.25) is 0 Å². The normalized spacial score (nSPS) is 26.8. The van der Waals surface area contributed by atoms with Crippen molar-refractivity contribution in [1.82, 2.24) is 0 Å². The fourth-order valence-corrected chi connectivity index (χ4v) is 3.63. The zero-order chi connectivity index (χ0) is 14.5. The summed E-state index contributed by atoms with van der Waals surface area (Å²) in [5.74, 6) is 4.04. The first-order valence-electron chi connectivity index (χ1n) is 7.97. The van der Waals surface area contributed by atoms with Crippen molar-refractivity contribution in [2.45, 2.75) is 39.5 Å². The molecule has 3 atom stereocenters. The molecule has 20 heavy (non-hydrogen) atoms. The highest BCUT2D eigenvalue weighted by atomic mass is 16.5. The van der Waals surface area contributed by atoms with Gasteiger partial charge in [-0.2, -0.15) is 0 Å². The molecule has 0 saturated heterocycles. The lowest BCUT2D eigenvalue weighted by molar-refractivity contribution is 0.151. The van der Waals surface area contributed by atoms with E-state index in [9.17, 15) is 0 Å². The molecule has 1 aliphatic rings. The molecule has 2 nitrogen and oxygen atoms in total. The first-order chi connectivity index (χ1) is 9.63. The molecule has 1 aromatic carbocycles. The van der Waals surface area contributed by atoms with E-state index in [1.165, 1.54) is 24.8 Å². The smallest absolute Gasteiger partial charge is 0.119 e. The highest BCUT2D eigenvalue weighted by Gasteiger charge is 2.30. The zero-order valence-corrected chi connectivity index (χ0v) is 13.1. The van der Waals surface area contributed by atoms with Crippen LogP contribution in [0.5, 0.6) is 5.75 Å². The van der Waals surface area contributed by atoms with Gasteiger partial charge in [-0.1, -0.05) is 26.0 Å². The number of ether oxygens (including phenoxy) is 1. The Kier molecular flexibility index (Phi) is 5.47. The molecule has 1 fully saturated rings. The second-order valence-electron chi connectivity index (χ2n) is 6.63. The van der Waals surface area contributed by atoms with Crippen LogP contribution in [0.25, 0.3) is 0 Å². The highest BCUT2D eigenvalue weighted by Crippen LogP contribution is 2.38. The zero-order valence-electron chi connectivity index (χ0n) is 13.1. The summed E-state index contributed by atoms with van der Waals surface area (Å²) in [5.41, 5.74) is 7.39. The molecule has 3 unspecified atom stereocenters. The van der Waals surface area contributed by atoms with Gasteiger partial charge in [0.2, 0.25) is 0 Å². The summed E-state index contributed by atoms with van der Waals surface area (Å²) in [6, 6.07) is 8.50. The summed E-state index contributed by atoms with van der Waals surface area (Å²) in [4.78, 5) is 0. The Morgan fingerprint density at radius 1 is 1.25 bits per heavy atom. The Morgan fingerprint density at radius 2 is 2.05 bits per heavy atom. The van der Waals surface area contributed by atoms with Gasteiger partial charge in [0.05, 0.1) is 7.11 Å². The van der Waals surface area contributed by atoms with Gasteiger partial charge in [0, 0.05) is 0 Å². The van der Waals surface area contributed by atoms with Gasteiger partial charge in [-0.05, 0) is 73.6 Å². The number of hydrogen-bond acceptors (Lipinski definition) is 2. The lowest BCUT2D eigenvalue weighted by Crippen LogP contribution is -2.33. The van der Waals surface area contributed by atoms with E-state index in [0.717, 1.165) is 36.5 Å². The van der Waals surface area contributed by atoms with Crippen LogP contribution in [0.1, 0.15) is 38.7 Å². The topological polar surface area (TPSA) is 35.2 Å². The van der Waals surface area contributed by atoms with E-state index < -0.39 is 0 Å². The Labute approximate surface area is 123 Å². The number of hydrogen-bond donors (Lipinski definition) is 1. The van der Waals surface area contributed by atoms with Crippen molar-refractivity contribution >= 4 is 0 Å². The van der Waals surface area contributed by atoms with E-state index in [4.69, 9.17) is 10.5 Å². The molecule has 0 radical (unpaired) electrons. The second kappa shape index (κ2) is 7.12. The van der Waals surface area contributed by atoms with Gasteiger partial charge in [0.25, 0.3) is 0 Å². The van der Waals surface area contributed by atoms with Crippen LogP contribution in [0.2, 0.25) is 0 Å². The predicted octanol–water partition coefficient (Wildman–Crippen LogP) is 3.88. The van der Waals surface area contributed by atoms with Crippen molar-refractivity contribution in [3.63, 3.8) is 0 Å². The maximum absolute atomic E-state index is 6.00. The van der Waals surface area contributed by atoms with Crippen molar-refractivity contribution in [2.24, 2.45) is 29.4 Å². The molecule has 1 aromatic rings. The Hall–Kier alpha value is -1.02. The Balaban J connectivity index is 2.06. The SMILES string of the molecule is COc1cccc(CC2CC(C(C)C)CCC2CN)c1. The summed E-state index contributed by atoms with van der Waals surface area (Å²) in [6.45, 7) is 5.55. The molecule has 0 aromatic heterocycles. The third kappa shape index (κ3) is 3.76. The molecule has 0 bridgehead atoms. The van der Waals surface area contributed by atoms with E-state index in [1.54, 1.807) is 7.11 Å². The standard InChI is InChI=1S/C18H29NO/c1-13(2)15-7-8-16(12-19)17(11-15)9-14-5-4-6-18(10-14)20-3/h4-6,10,13,15-17H,7-9,11-12,19H2,1-3H3. The first kappa shape index (κ1) is 15.4. The van der Waals surface area contributed by atoms with Crippen LogP contribution >= 0.6 is 0 Å². The van der Waals surface area contributed by atoms with Gasteiger partial charge in [-0.25, -0.2) is 0 Å². The van der Waals surface area contributed by atoms with Gasteiger partial charge in [-0.15, -0.1) is 0 Å². The summed E-state index contributed by atoms with van der Waals surface area (Å²) >= 11 is 0. The van der Waals surface area contributed by atoms with E-state index in [2.05, 4.69) is 32.0 Å². The number of nitrogens with two attached hydrogens (primary N) is 1. The lowest BCUT2D eigenvalue weighted by Gasteiger charge is -2.37. The second-order valence-corrected chi connectivity index (χ2v) is 6.63. The van der Waals surface area contributed by atoms with E-state index in [1.807, 2.05) is 6.07 Å². The van der Waals surface area contributed by atoms with Crippen LogP contribution in [0.15, 0.2) is 24.3 Å². The summed E-state index contributed by atoms with van der Waals surface area (Å²) in [7, 11) is 1.73. The molecule has 2 rings (SSSR count). The summed E-state index contributed by atoms with van der Waals surface area (Å²) in [5, 5.41) is 0. The van der Waals surface area contributed by atoms with E-state index in [0.29, 0.717) is 5.92 Å². The molecule has 112 valence electrons. The van der Waals surface area contributed by atoms with Crippen LogP contribution in [0.4, 0.5) is 0 Å². The average molecular weight is 275 g/mol. The van der Waals surface area contributed by atoms with Gasteiger partial charge < -0.3 is 10.5 Å². The van der Waals surface area contributed by atoms with Gasteiger partial charge in [0.15, 0.2) is 0 Å². The molecule has 0 aliphatic heterocycles. The largest absolute Gasteiger partial charge is 0.497 e.